The smallest absolute Gasteiger partial charge is 0.223 e. The largest absolute Gasteiger partial charge is 0.341 e. The van der Waals surface area contributed by atoms with Crippen LogP contribution in [0.25, 0.3) is 0 Å². The number of halogens is 1. The van der Waals surface area contributed by atoms with Gasteiger partial charge in [0, 0.05) is 37.6 Å². The van der Waals surface area contributed by atoms with Gasteiger partial charge in [-0.05, 0) is 30.5 Å². The number of carbonyl (C=O) groups is 1. The Kier molecular flexibility index (Phi) is 4.61. The Morgan fingerprint density at radius 2 is 2.06 bits per heavy atom. The van der Waals surface area contributed by atoms with E-state index in [4.69, 9.17) is 11.6 Å². The molecule has 1 aliphatic carbocycles. The van der Waals surface area contributed by atoms with Gasteiger partial charge >= 0.3 is 0 Å². The molecule has 98 valence electrons. The number of rotatable bonds is 6. The van der Waals surface area contributed by atoms with Gasteiger partial charge in [0.25, 0.3) is 0 Å². The molecule has 0 unspecified atom stereocenters. The summed E-state index contributed by atoms with van der Waals surface area (Å²) in [6, 6.07) is 8.27. The lowest BCUT2D eigenvalue weighted by molar-refractivity contribution is -0.130. The zero-order valence-corrected chi connectivity index (χ0v) is 11.4. The van der Waals surface area contributed by atoms with E-state index in [-0.39, 0.29) is 5.91 Å². The van der Waals surface area contributed by atoms with Crippen LogP contribution in [0.1, 0.15) is 24.8 Å². The summed E-state index contributed by atoms with van der Waals surface area (Å²) in [5.74, 6) is 0.179. The van der Waals surface area contributed by atoms with Crippen LogP contribution in [0.4, 0.5) is 0 Å². The molecular weight excluding hydrogens is 248 g/mol. The summed E-state index contributed by atoms with van der Waals surface area (Å²) < 4.78 is 0. The molecule has 2 rings (SSSR count). The fourth-order valence-corrected chi connectivity index (χ4v) is 1.94. The molecule has 0 radical (unpaired) electrons. The average molecular weight is 267 g/mol. The third kappa shape index (κ3) is 4.31. The molecule has 0 heterocycles. The quantitative estimate of drug-likeness (QED) is 0.858. The average Bonchev–Trinajstić information content (AvgIpc) is 3.16. The number of amides is 1. The first-order valence-corrected chi connectivity index (χ1v) is 6.75. The molecule has 1 aromatic carbocycles. The highest BCUT2D eigenvalue weighted by Gasteiger charge is 2.20. The lowest BCUT2D eigenvalue weighted by Crippen LogP contribution is -2.30. The number of nitrogens with one attached hydrogen (secondary N) is 1. The first kappa shape index (κ1) is 13.4. The minimum atomic E-state index is 0.179. The van der Waals surface area contributed by atoms with Crippen molar-refractivity contribution in [3.8, 4) is 0 Å². The predicted octanol–water partition coefficient (Wildman–Crippen LogP) is 2.44. The molecular formula is C14H19ClN2O. The van der Waals surface area contributed by atoms with Gasteiger partial charge in [-0.1, -0.05) is 23.7 Å². The van der Waals surface area contributed by atoms with Gasteiger partial charge in [-0.15, -0.1) is 0 Å². The number of hydrogen-bond acceptors (Lipinski definition) is 2. The summed E-state index contributed by atoms with van der Waals surface area (Å²) in [6.07, 6.45) is 3.09. The highest BCUT2D eigenvalue weighted by atomic mass is 35.5. The van der Waals surface area contributed by atoms with Crippen LogP contribution in [0, 0.1) is 0 Å². The Bertz CT molecular complexity index is 401. The topological polar surface area (TPSA) is 32.3 Å². The molecule has 1 saturated carbocycles. The second-order valence-electron chi connectivity index (χ2n) is 4.85. The zero-order chi connectivity index (χ0) is 13.0. The minimum Gasteiger partial charge on any atom is -0.341 e. The Labute approximate surface area is 113 Å². The van der Waals surface area contributed by atoms with Crippen LogP contribution in [0.5, 0.6) is 0 Å². The fraction of sp³-hybridized carbons (Fsp3) is 0.500. The first-order chi connectivity index (χ1) is 8.65. The van der Waals surface area contributed by atoms with Crippen LogP contribution < -0.4 is 5.32 Å². The van der Waals surface area contributed by atoms with Crippen LogP contribution in [0.15, 0.2) is 24.3 Å². The molecule has 0 spiro atoms. The van der Waals surface area contributed by atoms with Gasteiger partial charge in [0.15, 0.2) is 0 Å². The van der Waals surface area contributed by atoms with Crippen molar-refractivity contribution in [3.05, 3.63) is 34.9 Å². The third-order valence-corrected chi connectivity index (χ3v) is 3.36. The maximum absolute atomic E-state index is 11.9. The van der Waals surface area contributed by atoms with Crippen LogP contribution in [-0.2, 0) is 11.3 Å². The van der Waals surface area contributed by atoms with Crippen molar-refractivity contribution in [1.29, 1.82) is 0 Å². The highest BCUT2D eigenvalue weighted by molar-refractivity contribution is 6.30. The SMILES string of the molecule is CN(Cc1ccc(Cl)cc1)C(=O)CCNC1CC1. The molecule has 18 heavy (non-hydrogen) atoms. The number of hydrogen-bond donors (Lipinski definition) is 1. The predicted molar refractivity (Wildman–Crippen MR) is 73.6 cm³/mol. The van der Waals surface area contributed by atoms with Crippen molar-refractivity contribution in [2.75, 3.05) is 13.6 Å². The summed E-state index contributed by atoms with van der Waals surface area (Å²) in [4.78, 5) is 13.6. The summed E-state index contributed by atoms with van der Waals surface area (Å²) in [5, 5.41) is 4.07. The maximum Gasteiger partial charge on any atom is 0.223 e. The standard InChI is InChI=1S/C14H19ClN2O/c1-17(10-11-2-4-12(15)5-3-11)14(18)8-9-16-13-6-7-13/h2-5,13,16H,6-10H2,1H3. The van der Waals surface area contributed by atoms with Gasteiger partial charge in [-0.25, -0.2) is 0 Å². The van der Waals surface area contributed by atoms with Crippen LogP contribution in [0.3, 0.4) is 0 Å². The van der Waals surface area contributed by atoms with Crippen LogP contribution in [-0.4, -0.2) is 30.4 Å². The monoisotopic (exact) mass is 266 g/mol. The van der Waals surface area contributed by atoms with Crippen LogP contribution >= 0.6 is 11.6 Å². The summed E-state index contributed by atoms with van der Waals surface area (Å²) in [5.41, 5.74) is 1.10. The van der Waals surface area contributed by atoms with Crippen LogP contribution in [0.2, 0.25) is 5.02 Å². The Morgan fingerprint density at radius 1 is 1.39 bits per heavy atom. The Morgan fingerprint density at radius 3 is 2.67 bits per heavy atom. The number of carbonyl (C=O) groups excluding carboxylic acids is 1. The molecule has 1 aromatic rings. The maximum atomic E-state index is 11.9. The van der Waals surface area contributed by atoms with E-state index >= 15 is 0 Å². The van der Waals surface area contributed by atoms with E-state index < -0.39 is 0 Å². The van der Waals surface area contributed by atoms with Gasteiger partial charge in [0.2, 0.25) is 5.91 Å². The van der Waals surface area contributed by atoms with E-state index in [0.717, 1.165) is 17.1 Å². The minimum absolute atomic E-state index is 0.179. The molecule has 0 atom stereocenters. The fourth-order valence-electron chi connectivity index (χ4n) is 1.81. The molecule has 1 fully saturated rings. The highest BCUT2D eigenvalue weighted by Crippen LogP contribution is 2.18. The third-order valence-electron chi connectivity index (χ3n) is 3.11. The van der Waals surface area contributed by atoms with Crippen molar-refractivity contribution < 1.29 is 4.79 Å². The second kappa shape index (κ2) is 6.21. The first-order valence-electron chi connectivity index (χ1n) is 6.37. The summed E-state index contributed by atoms with van der Waals surface area (Å²) >= 11 is 5.83. The molecule has 3 nitrogen and oxygen atoms in total. The van der Waals surface area contributed by atoms with Gasteiger partial charge in [-0.2, -0.15) is 0 Å². The molecule has 0 aliphatic heterocycles. The van der Waals surface area contributed by atoms with E-state index in [1.807, 2.05) is 31.3 Å². The number of nitrogens with zero attached hydrogens (tertiary/aromatic N) is 1. The molecule has 1 aliphatic rings. The van der Waals surface area contributed by atoms with Crippen molar-refractivity contribution in [2.45, 2.75) is 31.8 Å². The van der Waals surface area contributed by atoms with E-state index in [9.17, 15) is 4.79 Å². The molecule has 0 saturated heterocycles. The molecule has 0 aromatic heterocycles. The van der Waals surface area contributed by atoms with Crippen molar-refractivity contribution in [1.82, 2.24) is 10.2 Å². The van der Waals surface area contributed by atoms with Gasteiger partial charge in [0.05, 0.1) is 0 Å². The zero-order valence-electron chi connectivity index (χ0n) is 10.7. The second-order valence-corrected chi connectivity index (χ2v) is 5.29. The number of benzene rings is 1. The van der Waals surface area contributed by atoms with Crippen molar-refractivity contribution in [2.24, 2.45) is 0 Å². The van der Waals surface area contributed by atoms with Crippen molar-refractivity contribution in [3.63, 3.8) is 0 Å². The van der Waals surface area contributed by atoms with E-state index in [1.54, 1.807) is 4.90 Å². The Hall–Kier alpha value is -1.06. The molecule has 0 bridgehead atoms. The van der Waals surface area contributed by atoms with Gasteiger partial charge < -0.3 is 10.2 Å². The molecule has 1 amide bonds. The molecule has 4 heteroatoms. The van der Waals surface area contributed by atoms with E-state index in [2.05, 4.69) is 5.32 Å². The Balaban J connectivity index is 1.73. The molecule has 1 N–H and O–H groups in total. The lowest BCUT2D eigenvalue weighted by Gasteiger charge is -2.17. The summed E-state index contributed by atoms with van der Waals surface area (Å²) in [6.45, 7) is 1.42. The van der Waals surface area contributed by atoms with Gasteiger partial charge in [0.1, 0.15) is 0 Å². The normalized spacial score (nSPS) is 14.6. The van der Waals surface area contributed by atoms with E-state index in [0.29, 0.717) is 19.0 Å². The van der Waals surface area contributed by atoms with E-state index in [1.165, 1.54) is 12.8 Å². The van der Waals surface area contributed by atoms with Crippen molar-refractivity contribution >= 4 is 17.5 Å². The summed E-state index contributed by atoms with van der Waals surface area (Å²) in [7, 11) is 1.84. The lowest BCUT2D eigenvalue weighted by atomic mass is 10.2. The van der Waals surface area contributed by atoms with Gasteiger partial charge in [-0.3, -0.25) is 4.79 Å².